The van der Waals surface area contributed by atoms with E-state index in [0.29, 0.717) is 6.54 Å². The van der Waals surface area contributed by atoms with Crippen LogP contribution in [0.4, 0.5) is 0 Å². The number of ether oxygens (including phenoxy) is 1. The molecule has 0 aromatic carbocycles. The van der Waals surface area contributed by atoms with Crippen LogP contribution < -0.4 is 10.6 Å². The van der Waals surface area contributed by atoms with Crippen molar-refractivity contribution in [2.45, 2.75) is 26.4 Å². The van der Waals surface area contributed by atoms with Gasteiger partial charge in [-0.15, -0.1) is 11.3 Å². The number of guanidine groups is 1. The highest BCUT2D eigenvalue weighted by Gasteiger charge is 2.33. The molecular formula is C15H25N3O2S. The Kier molecular flexibility index (Phi) is 5.24. The van der Waals surface area contributed by atoms with Crippen molar-refractivity contribution in [2.24, 2.45) is 10.4 Å². The van der Waals surface area contributed by atoms with Crippen molar-refractivity contribution in [3.05, 3.63) is 22.4 Å². The average Bonchev–Trinajstić information content (AvgIpc) is 2.94. The van der Waals surface area contributed by atoms with Crippen LogP contribution in [0.15, 0.2) is 22.5 Å². The Morgan fingerprint density at radius 1 is 1.52 bits per heavy atom. The van der Waals surface area contributed by atoms with Crippen molar-refractivity contribution in [2.75, 3.05) is 32.8 Å². The fraction of sp³-hybridized carbons (Fsp3) is 0.667. The van der Waals surface area contributed by atoms with Crippen molar-refractivity contribution in [1.82, 2.24) is 10.6 Å². The Balaban J connectivity index is 1.93. The van der Waals surface area contributed by atoms with E-state index < -0.39 is 5.60 Å². The molecule has 0 saturated carbocycles. The first-order valence-corrected chi connectivity index (χ1v) is 8.19. The van der Waals surface area contributed by atoms with Crippen molar-refractivity contribution in [1.29, 1.82) is 0 Å². The van der Waals surface area contributed by atoms with Gasteiger partial charge in [0.25, 0.3) is 0 Å². The highest BCUT2D eigenvalue weighted by molar-refractivity contribution is 7.10. The lowest BCUT2D eigenvalue weighted by Gasteiger charge is -2.38. The van der Waals surface area contributed by atoms with Crippen molar-refractivity contribution in [3.63, 3.8) is 0 Å². The van der Waals surface area contributed by atoms with E-state index in [4.69, 9.17) is 4.74 Å². The molecule has 1 aliphatic heterocycles. The number of aliphatic imine (C=N–C) groups is 1. The summed E-state index contributed by atoms with van der Waals surface area (Å²) in [6.07, 6.45) is 0. The summed E-state index contributed by atoms with van der Waals surface area (Å²) in [7, 11) is 0. The molecule has 0 spiro atoms. The molecule has 1 aromatic heterocycles. The Hall–Kier alpha value is -1.11. The summed E-state index contributed by atoms with van der Waals surface area (Å²) in [5.41, 5.74) is -0.744. The SMILES string of the molecule is CCNC(=NCC(C)(O)c1cccs1)NCC1(C)COC1. The zero-order valence-corrected chi connectivity index (χ0v) is 13.8. The van der Waals surface area contributed by atoms with Crippen molar-refractivity contribution < 1.29 is 9.84 Å². The Morgan fingerprint density at radius 3 is 2.81 bits per heavy atom. The topological polar surface area (TPSA) is 65.9 Å². The van der Waals surface area contributed by atoms with Gasteiger partial charge in [0.2, 0.25) is 0 Å². The van der Waals surface area contributed by atoms with E-state index in [9.17, 15) is 5.11 Å². The van der Waals surface area contributed by atoms with Gasteiger partial charge >= 0.3 is 0 Å². The molecule has 1 fully saturated rings. The first-order chi connectivity index (χ1) is 9.95. The second-order valence-corrected chi connectivity index (χ2v) is 7.05. The van der Waals surface area contributed by atoms with Crippen LogP contribution in [0.25, 0.3) is 0 Å². The predicted molar refractivity (Wildman–Crippen MR) is 86.8 cm³/mol. The van der Waals surface area contributed by atoms with Gasteiger partial charge in [-0.25, -0.2) is 4.99 Å². The standard InChI is InChI=1S/C15H25N3O2S/c1-4-16-13(17-8-14(2)10-20-11-14)18-9-15(3,19)12-6-5-7-21-12/h5-7,19H,4,8-11H2,1-3H3,(H2,16,17,18). The number of thiophene rings is 1. The Labute approximate surface area is 130 Å². The third-order valence-electron chi connectivity index (χ3n) is 3.52. The summed E-state index contributed by atoms with van der Waals surface area (Å²) in [4.78, 5) is 5.44. The molecule has 3 N–H and O–H groups in total. The zero-order chi connectivity index (χ0) is 15.3. The molecule has 1 atom stereocenters. The normalized spacial score (nSPS) is 20.5. The largest absolute Gasteiger partial charge is 0.383 e. The third kappa shape index (κ3) is 4.43. The summed E-state index contributed by atoms with van der Waals surface area (Å²) < 4.78 is 5.25. The van der Waals surface area contributed by atoms with Gasteiger partial charge in [-0.2, -0.15) is 0 Å². The average molecular weight is 311 g/mol. The molecular weight excluding hydrogens is 286 g/mol. The number of nitrogens with one attached hydrogen (secondary N) is 2. The van der Waals surface area contributed by atoms with Crippen LogP contribution >= 0.6 is 11.3 Å². The minimum Gasteiger partial charge on any atom is -0.383 e. The molecule has 1 aliphatic rings. The van der Waals surface area contributed by atoms with E-state index in [-0.39, 0.29) is 5.41 Å². The van der Waals surface area contributed by atoms with Crippen LogP contribution in [-0.4, -0.2) is 43.9 Å². The second kappa shape index (κ2) is 6.77. The highest BCUT2D eigenvalue weighted by Crippen LogP contribution is 2.26. The van der Waals surface area contributed by atoms with Crippen LogP contribution in [0.3, 0.4) is 0 Å². The maximum absolute atomic E-state index is 10.5. The molecule has 118 valence electrons. The summed E-state index contributed by atoms with van der Waals surface area (Å²) >= 11 is 1.55. The lowest BCUT2D eigenvalue weighted by Crippen LogP contribution is -2.51. The fourth-order valence-electron chi connectivity index (χ4n) is 2.09. The maximum Gasteiger partial charge on any atom is 0.191 e. The van der Waals surface area contributed by atoms with Crippen molar-refractivity contribution >= 4 is 17.3 Å². The first-order valence-electron chi connectivity index (χ1n) is 7.31. The number of hydrogen-bond acceptors (Lipinski definition) is 4. The quantitative estimate of drug-likeness (QED) is 0.551. The van der Waals surface area contributed by atoms with Gasteiger partial charge in [0, 0.05) is 23.4 Å². The van der Waals surface area contributed by atoms with Crippen molar-refractivity contribution in [3.8, 4) is 0 Å². The second-order valence-electron chi connectivity index (χ2n) is 6.10. The van der Waals surface area contributed by atoms with Crippen LogP contribution in [0, 0.1) is 5.41 Å². The van der Waals surface area contributed by atoms with Crippen LogP contribution in [0.2, 0.25) is 0 Å². The van der Waals surface area contributed by atoms with Gasteiger partial charge in [-0.3, -0.25) is 0 Å². The molecule has 0 radical (unpaired) electrons. The molecule has 1 saturated heterocycles. The minimum absolute atomic E-state index is 0.187. The molecule has 0 amide bonds. The summed E-state index contributed by atoms with van der Waals surface area (Å²) in [5, 5.41) is 19.0. The van der Waals surface area contributed by atoms with E-state index >= 15 is 0 Å². The molecule has 0 bridgehead atoms. The molecule has 1 unspecified atom stereocenters. The van der Waals surface area contributed by atoms with Gasteiger partial charge in [-0.05, 0) is 25.3 Å². The van der Waals surface area contributed by atoms with Gasteiger partial charge in [0.15, 0.2) is 5.96 Å². The van der Waals surface area contributed by atoms with Crippen LogP contribution in [-0.2, 0) is 10.3 Å². The van der Waals surface area contributed by atoms with Gasteiger partial charge in [0.1, 0.15) is 5.60 Å². The van der Waals surface area contributed by atoms with Gasteiger partial charge in [-0.1, -0.05) is 13.0 Å². The van der Waals surface area contributed by atoms with Gasteiger partial charge in [0.05, 0.1) is 19.8 Å². The lowest BCUT2D eigenvalue weighted by atomic mass is 9.89. The molecule has 5 nitrogen and oxygen atoms in total. The smallest absolute Gasteiger partial charge is 0.191 e. The van der Waals surface area contributed by atoms with E-state index in [0.717, 1.165) is 37.1 Å². The van der Waals surface area contributed by atoms with Gasteiger partial charge < -0.3 is 20.5 Å². The Bertz CT molecular complexity index is 467. The Morgan fingerprint density at radius 2 is 2.29 bits per heavy atom. The number of aliphatic hydroxyl groups is 1. The monoisotopic (exact) mass is 311 g/mol. The molecule has 1 aromatic rings. The molecule has 0 aliphatic carbocycles. The summed E-state index contributed by atoms with van der Waals surface area (Å²) in [6.45, 7) is 9.53. The summed E-state index contributed by atoms with van der Waals surface area (Å²) in [6, 6.07) is 3.88. The highest BCUT2D eigenvalue weighted by atomic mass is 32.1. The predicted octanol–water partition coefficient (Wildman–Crippen LogP) is 1.55. The lowest BCUT2D eigenvalue weighted by molar-refractivity contribution is -0.0971. The number of nitrogens with zero attached hydrogens (tertiary/aromatic N) is 1. The van der Waals surface area contributed by atoms with E-state index in [1.165, 1.54) is 0 Å². The number of hydrogen-bond donors (Lipinski definition) is 3. The minimum atomic E-state index is -0.931. The third-order valence-corrected chi connectivity index (χ3v) is 4.65. The number of rotatable bonds is 6. The van der Waals surface area contributed by atoms with E-state index in [1.807, 2.05) is 24.4 Å². The van der Waals surface area contributed by atoms with E-state index in [2.05, 4.69) is 22.5 Å². The molecule has 2 heterocycles. The maximum atomic E-state index is 10.5. The van der Waals surface area contributed by atoms with Crippen LogP contribution in [0.5, 0.6) is 0 Å². The summed E-state index contributed by atoms with van der Waals surface area (Å²) in [5.74, 6) is 0.738. The zero-order valence-electron chi connectivity index (χ0n) is 13.0. The first kappa shape index (κ1) is 16.3. The van der Waals surface area contributed by atoms with Crippen LogP contribution in [0.1, 0.15) is 25.6 Å². The molecule has 6 heteroatoms. The fourth-order valence-corrected chi connectivity index (χ4v) is 2.87. The molecule has 21 heavy (non-hydrogen) atoms. The molecule has 2 rings (SSSR count). The van der Waals surface area contributed by atoms with E-state index in [1.54, 1.807) is 18.3 Å².